The first kappa shape index (κ1) is 13.9. The van der Waals surface area contributed by atoms with Crippen molar-refractivity contribution in [3.8, 4) is 5.75 Å². The number of carbonyl (C=O) groups excluding carboxylic acids is 1. The van der Waals surface area contributed by atoms with Crippen LogP contribution >= 0.6 is 23.2 Å². The van der Waals surface area contributed by atoms with E-state index in [1.165, 1.54) is 6.07 Å². The Morgan fingerprint density at radius 2 is 1.86 bits per heavy atom. The van der Waals surface area contributed by atoms with Gasteiger partial charge in [-0.1, -0.05) is 41.4 Å². The molecule has 0 bridgehead atoms. The fourth-order valence-corrected chi connectivity index (χ4v) is 2.33. The van der Waals surface area contributed by atoms with Gasteiger partial charge in [0.1, 0.15) is 5.52 Å². The molecule has 0 amide bonds. The van der Waals surface area contributed by atoms with Crippen LogP contribution in [0.4, 0.5) is 0 Å². The number of benzene rings is 2. The molecule has 0 radical (unpaired) electrons. The smallest absolute Gasteiger partial charge is 0.345 e. The van der Waals surface area contributed by atoms with E-state index in [4.69, 9.17) is 27.9 Å². The van der Waals surface area contributed by atoms with E-state index in [2.05, 4.69) is 4.98 Å². The number of pyridine rings is 1. The largest absolute Gasteiger partial charge is 0.421 e. The molecule has 3 aromatic rings. The molecule has 3 nitrogen and oxygen atoms in total. The third kappa shape index (κ3) is 2.84. The summed E-state index contributed by atoms with van der Waals surface area (Å²) < 4.78 is 5.41. The second-order valence-corrected chi connectivity index (χ2v) is 5.19. The van der Waals surface area contributed by atoms with Crippen molar-refractivity contribution in [1.82, 2.24) is 4.98 Å². The molecule has 1 heterocycles. The zero-order chi connectivity index (χ0) is 14.8. The maximum absolute atomic E-state index is 12.2. The summed E-state index contributed by atoms with van der Waals surface area (Å²) in [6.45, 7) is 0. The lowest BCUT2D eigenvalue weighted by Gasteiger charge is -2.08. The average molecular weight is 318 g/mol. The summed E-state index contributed by atoms with van der Waals surface area (Å²) in [4.78, 5) is 16.5. The van der Waals surface area contributed by atoms with Gasteiger partial charge in [-0.05, 0) is 30.3 Å². The summed E-state index contributed by atoms with van der Waals surface area (Å²) in [6.07, 6.45) is 1.64. The Bertz CT molecular complexity index is 828. The Balaban J connectivity index is 1.99. The molecule has 0 fully saturated rings. The fraction of sp³-hybridized carbons (Fsp3) is 0. The number of para-hydroxylation sites is 1. The molecule has 2 aromatic carbocycles. The predicted molar refractivity (Wildman–Crippen MR) is 83.2 cm³/mol. The predicted octanol–water partition coefficient (Wildman–Crippen LogP) is 4.76. The van der Waals surface area contributed by atoms with Crippen LogP contribution in [0.5, 0.6) is 5.75 Å². The van der Waals surface area contributed by atoms with Crippen molar-refractivity contribution in [2.24, 2.45) is 0 Å². The molecule has 104 valence electrons. The van der Waals surface area contributed by atoms with Gasteiger partial charge >= 0.3 is 5.97 Å². The van der Waals surface area contributed by atoms with E-state index in [1.807, 2.05) is 18.2 Å². The van der Waals surface area contributed by atoms with Crippen molar-refractivity contribution >= 4 is 40.1 Å². The average Bonchev–Trinajstić information content (AvgIpc) is 2.50. The van der Waals surface area contributed by atoms with E-state index in [-0.39, 0.29) is 10.6 Å². The Morgan fingerprint density at radius 1 is 1.05 bits per heavy atom. The molecule has 0 aliphatic heterocycles. The standard InChI is InChI=1S/C16H9Cl2NO2/c17-11-6-7-13(18)12(9-11)16(20)21-14-5-1-3-10-4-2-8-19-15(10)14/h1-9H. The zero-order valence-corrected chi connectivity index (χ0v) is 12.2. The van der Waals surface area contributed by atoms with Crippen molar-refractivity contribution in [2.75, 3.05) is 0 Å². The minimum absolute atomic E-state index is 0.220. The molecular weight excluding hydrogens is 309 g/mol. The van der Waals surface area contributed by atoms with Crippen LogP contribution in [-0.4, -0.2) is 11.0 Å². The number of hydrogen-bond donors (Lipinski definition) is 0. The van der Waals surface area contributed by atoms with Gasteiger partial charge in [-0.3, -0.25) is 4.98 Å². The molecule has 1 aromatic heterocycles. The van der Waals surface area contributed by atoms with E-state index < -0.39 is 5.97 Å². The second-order valence-electron chi connectivity index (χ2n) is 4.34. The number of aromatic nitrogens is 1. The molecule has 0 aliphatic carbocycles. The highest BCUT2D eigenvalue weighted by Gasteiger charge is 2.15. The summed E-state index contributed by atoms with van der Waals surface area (Å²) in [5.41, 5.74) is 0.837. The van der Waals surface area contributed by atoms with Crippen molar-refractivity contribution in [1.29, 1.82) is 0 Å². The molecule has 0 unspecified atom stereocenters. The quantitative estimate of drug-likeness (QED) is 0.505. The zero-order valence-electron chi connectivity index (χ0n) is 10.7. The Morgan fingerprint density at radius 3 is 2.71 bits per heavy atom. The SMILES string of the molecule is O=C(Oc1cccc2cccnc12)c1cc(Cl)ccc1Cl. The topological polar surface area (TPSA) is 39.2 Å². The number of carbonyl (C=O) groups is 1. The first-order valence-electron chi connectivity index (χ1n) is 6.16. The summed E-state index contributed by atoms with van der Waals surface area (Å²) in [6, 6.07) is 13.7. The van der Waals surface area contributed by atoms with Crippen molar-refractivity contribution < 1.29 is 9.53 Å². The number of hydrogen-bond acceptors (Lipinski definition) is 3. The minimum Gasteiger partial charge on any atom is -0.421 e. The van der Waals surface area contributed by atoms with Crippen LogP contribution in [0.25, 0.3) is 10.9 Å². The van der Waals surface area contributed by atoms with Crippen LogP contribution in [0, 0.1) is 0 Å². The van der Waals surface area contributed by atoms with Gasteiger partial charge in [-0.15, -0.1) is 0 Å². The highest BCUT2D eigenvalue weighted by Crippen LogP contribution is 2.26. The number of fused-ring (bicyclic) bond motifs is 1. The van der Waals surface area contributed by atoms with E-state index in [1.54, 1.807) is 30.5 Å². The monoisotopic (exact) mass is 317 g/mol. The number of ether oxygens (including phenoxy) is 1. The molecule has 0 saturated carbocycles. The molecule has 0 saturated heterocycles. The third-order valence-corrected chi connectivity index (χ3v) is 3.51. The molecule has 0 atom stereocenters. The van der Waals surface area contributed by atoms with Gasteiger partial charge in [0.2, 0.25) is 0 Å². The van der Waals surface area contributed by atoms with E-state index in [9.17, 15) is 4.79 Å². The molecule has 0 spiro atoms. The molecular formula is C16H9Cl2NO2. The van der Waals surface area contributed by atoms with Crippen molar-refractivity contribution in [3.05, 3.63) is 70.3 Å². The molecule has 0 N–H and O–H groups in total. The van der Waals surface area contributed by atoms with Crippen LogP contribution < -0.4 is 4.74 Å². The minimum atomic E-state index is -0.569. The van der Waals surface area contributed by atoms with Crippen LogP contribution in [0.2, 0.25) is 10.0 Å². The lowest BCUT2D eigenvalue weighted by atomic mass is 10.2. The first-order chi connectivity index (χ1) is 10.1. The van der Waals surface area contributed by atoms with Crippen LogP contribution in [0.3, 0.4) is 0 Å². The van der Waals surface area contributed by atoms with Gasteiger partial charge in [0.25, 0.3) is 0 Å². The Hall–Kier alpha value is -2.10. The normalized spacial score (nSPS) is 10.6. The van der Waals surface area contributed by atoms with Crippen molar-refractivity contribution in [2.45, 2.75) is 0 Å². The highest BCUT2D eigenvalue weighted by atomic mass is 35.5. The molecule has 0 aliphatic rings. The summed E-state index contributed by atoms with van der Waals surface area (Å²) in [5.74, 6) is -0.185. The van der Waals surface area contributed by atoms with Gasteiger partial charge < -0.3 is 4.74 Å². The van der Waals surface area contributed by atoms with Crippen LogP contribution in [0.1, 0.15) is 10.4 Å². The first-order valence-corrected chi connectivity index (χ1v) is 6.92. The van der Waals surface area contributed by atoms with Crippen LogP contribution in [-0.2, 0) is 0 Å². The van der Waals surface area contributed by atoms with E-state index >= 15 is 0 Å². The summed E-state index contributed by atoms with van der Waals surface area (Å²) in [7, 11) is 0. The van der Waals surface area contributed by atoms with Gasteiger partial charge in [0.05, 0.1) is 10.6 Å². The maximum atomic E-state index is 12.2. The number of esters is 1. The molecule has 5 heteroatoms. The second kappa shape index (κ2) is 5.72. The van der Waals surface area contributed by atoms with E-state index in [0.29, 0.717) is 16.3 Å². The number of halogens is 2. The molecule has 21 heavy (non-hydrogen) atoms. The Kier molecular flexibility index (Phi) is 3.78. The van der Waals surface area contributed by atoms with Gasteiger partial charge in [0.15, 0.2) is 5.75 Å². The van der Waals surface area contributed by atoms with E-state index in [0.717, 1.165) is 5.39 Å². The summed E-state index contributed by atoms with van der Waals surface area (Å²) >= 11 is 11.9. The maximum Gasteiger partial charge on any atom is 0.345 e. The lowest BCUT2D eigenvalue weighted by molar-refractivity contribution is 0.0737. The van der Waals surface area contributed by atoms with Gasteiger partial charge in [-0.2, -0.15) is 0 Å². The number of rotatable bonds is 2. The third-order valence-electron chi connectivity index (χ3n) is 2.95. The van der Waals surface area contributed by atoms with Gasteiger partial charge in [-0.25, -0.2) is 4.79 Å². The lowest BCUT2D eigenvalue weighted by Crippen LogP contribution is -2.09. The number of nitrogens with zero attached hydrogens (tertiary/aromatic N) is 1. The summed E-state index contributed by atoms with van der Waals surface area (Å²) in [5, 5.41) is 1.60. The van der Waals surface area contributed by atoms with Crippen molar-refractivity contribution in [3.63, 3.8) is 0 Å². The van der Waals surface area contributed by atoms with Crippen LogP contribution in [0.15, 0.2) is 54.7 Å². The fourth-order valence-electron chi connectivity index (χ4n) is 1.97. The van der Waals surface area contributed by atoms with Gasteiger partial charge in [0, 0.05) is 16.6 Å². The highest BCUT2D eigenvalue weighted by molar-refractivity contribution is 6.35. The molecule has 3 rings (SSSR count). The Labute approximate surface area is 131 Å².